The third kappa shape index (κ3) is 1.97. The molecule has 0 atom stereocenters. The highest BCUT2D eigenvalue weighted by Gasteiger charge is 2.17. The molecule has 0 radical (unpaired) electrons. The van der Waals surface area contributed by atoms with Crippen LogP contribution in [0.25, 0.3) is 0 Å². The Morgan fingerprint density at radius 1 is 1.62 bits per heavy atom. The van der Waals surface area contributed by atoms with E-state index in [0.29, 0.717) is 5.82 Å². The molecule has 0 aromatic carbocycles. The van der Waals surface area contributed by atoms with Gasteiger partial charge in [-0.1, -0.05) is 0 Å². The number of ketones is 1. The Morgan fingerprint density at radius 3 is 2.94 bits per heavy atom. The maximum Gasteiger partial charge on any atom is 0.238 e. The van der Waals surface area contributed by atoms with Crippen LogP contribution in [0.1, 0.15) is 28.0 Å². The highest BCUT2D eigenvalue weighted by Crippen LogP contribution is 2.28. The van der Waals surface area contributed by atoms with Crippen LogP contribution < -0.4 is 0 Å². The molecule has 2 rings (SSSR count). The summed E-state index contributed by atoms with van der Waals surface area (Å²) in [4.78, 5) is 17.0. The Kier molecular flexibility index (Phi) is 3.25. The minimum Gasteiger partial charge on any atom is -0.328 e. The van der Waals surface area contributed by atoms with Crippen LogP contribution in [0, 0.1) is 6.92 Å². The number of rotatable bonds is 3. The van der Waals surface area contributed by atoms with Crippen molar-refractivity contribution >= 4 is 33.0 Å². The molecule has 2 aromatic rings. The minimum absolute atomic E-state index is 0.00866. The maximum atomic E-state index is 12.2. The molecule has 84 valence electrons. The predicted octanol–water partition coefficient (Wildman–Crippen LogP) is 3.27. The van der Waals surface area contributed by atoms with Crippen molar-refractivity contribution in [3.8, 4) is 0 Å². The van der Waals surface area contributed by atoms with Gasteiger partial charge in [-0.2, -0.15) is 0 Å². The van der Waals surface area contributed by atoms with Crippen molar-refractivity contribution in [3.05, 3.63) is 38.5 Å². The second-order valence-corrected chi connectivity index (χ2v) is 5.80. The molecule has 0 unspecified atom stereocenters. The lowest BCUT2D eigenvalue weighted by Crippen LogP contribution is -2.09. The summed E-state index contributed by atoms with van der Waals surface area (Å²) in [5, 5.41) is 0. The maximum absolute atomic E-state index is 12.2. The fourth-order valence-corrected chi connectivity index (χ4v) is 2.93. The molecule has 0 aliphatic carbocycles. The molecule has 2 heterocycles. The van der Waals surface area contributed by atoms with Gasteiger partial charge in [0.05, 0.1) is 8.66 Å². The van der Waals surface area contributed by atoms with Gasteiger partial charge in [0.25, 0.3) is 0 Å². The minimum atomic E-state index is -0.00866. The molecule has 3 nitrogen and oxygen atoms in total. The molecule has 2 aromatic heterocycles. The molecule has 0 N–H and O–H groups in total. The van der Waals surface area contributed by atoms with E-state index in [1.54, 1.807) is 6.20 Å². The highest BCUT2D eigenvalue weighted by molar-refractivity contribution is 9.11. The molecule has 0 amide bonds. The SMILES string of the molecule is CCn1ccnc1C(=O)c1cc(C)c(Br)s1. The van der Waals surface area contributed by atoms with E-state index in [2.05, 4.69) is 20.9 Å². The van der Waals surface area contributed by atoms with Gasteiger partial charge in [-0.05, 0) is 41.4 Å². The van der Waals surface area contributed by atoms with E-state index in [-0.39, 0.29) is 5.78 Å². The summed E-state index contributed by atoms with van der Waals surface area (Å²) in [5.41, 5.74) is 1.09. The fraction of sp³-hybridized carbons (Fsp3) is 0.273. The highest BCUT2D eigenvalue weighted by atomic mass is 79.9. The van der Waals surface area contributed by atoms with Crippen LogP contribution in [0.5, 0.6) is 0 Å². The van der Waals surface area contributed by atoms with Crippen LogP contribution in [0.4, 0.5) is 0 Å². The van der Waals surface area contributed by atoms with Crippen molar-refractivity contribution in [2.45, 2.75) is 20.4 Å². The quantitative estimate of drug-likeness (QED) is 0.815. The number of carbonyl (C=O) groups is 1. The van der Waals surface area contributed by atoms with Crippen LogP contribution in [0.2, 0.25) is 0 Å². The van der Waals surface area contributed by atoms with E-state index in [9.17, 15) is 4.79 Å². The number of carbonyl (C=O) groups excluding carboxylic acids is 1. The van der Waals surface area contributed by atoms with Gasteiger partial charge in [-0.3, -0.25) is 4.79 Å². The van der Waals surface area contributed by atoms with Gasteiger partial charge >= 0.3 is 0 Å². The number of halogens is 1. The van der Waals surface area contributed by atoms with Crippen LogP contribution >= 0.6 is 27.3 Å². The topological polar surface area (TPSA) is 34.9 Å². The lowest BCUT2D eigenvalue weighted by molar-refractivity contribution is 0.102. The standard InChI is InChI=1S/C11H11BrN2OS/c1-3-14-5-4-13-11(14)9(15)8-6-7(2)10(12)16-8/h4-6H,3H2,1-2H3. The lowest BCUT2D eigenvalue weighted by atomic mass is 10.2. The van der Waals surface area contributed by atoms with E-state index in [0.717, 1.165) is 20.8 Å². The summed E-state index contributed by atoms with van der Waals surface area (Å²) >= 11 is 4.88. The van der Waals surface area contributed by atoms with E-state index < -0.39 is 0 Å². The van der Waals surface area contributed by atoms with E-state index >= 15 is 0 Å². The third-order valence-electron chi connectivity index (χ3n) is 2.34. The average Bonchev–Trinajstić information content (AvgIpc) is 2.85. The van der Waals surface area contributed by atoms with Gasteiger partial charge in [0.2, 0.25) is 5.78 Å². The van der Waals surface area contributed by atoms with Crippen molar-refractivity contribution < 1.29 is 4.79 Å². The smallest absolute Gasteiger partial charge is 0.238 e. The Morgan fingerprint density at radius 2 is 2.38 bits per heavy atom. The predicted molar refractivity (Wildman–Crippen MR) is 68.1 cm³/mol. The number of nitrogens with zero attached hydrogens (tertiary/aromatic N) is 2. The average molecular weight is 299 g/mol. The summed E-state index contributed by atoms with van der Waals surface area (Å²) in [6.07, 6.45) is 3.48. The molecule has 0 fully saturated rings. The molecular formula is C11H11BrN2OS. The first-order chi connectivity index (χ1) is 7.63. The number of imidazole rings is 1. The molecule has 0 spiro atoms. The van der Waals surface area contributed by atoms with Gasteiger partial charge in [-0.15, -0.1) is 11.3 Å². The summed E-state index contributed by atoms with van der Waals surface area (Å²) in [5.74, 6) is 0.502. The Labute approximate surface area is 106 Å². The number of aryl methyl sites for hydroxylation is 2. The van der Waals surface area contributed by atoms with Crippen LogP contribution in [0.15, 0.2) is 22.2 Å². The van der Waals surface area contributed by atoms with E-state index in [4.69, 9.17) is 0 Å². The largest absolute Gasteiger partial charge is 0.328 e. The molecular weight excluding hydrogens is 288 g/mol. The first-order valence-electron chi connectivity index (χ1n) is 4.95. The van der Waals surface area contributed by atoms with Gasteiger partial charge in [-0.25, -0.2) is 4.98 Å². The molecule has 0 saturated heterocycles. The summed E-state index contributed by atoms with van der Waals surface area (Å²) < 4.78 is 2.86. The zero-order valence-electron chi connectivity index (χ0n) is 9.03. The Hall–Kier alpha value is -0.940. The Balaban J connectivity index is 2.39. The Bertz CT molecular complexity index is 510. The van der Waals surface area contributed by atoms with Crippen molar-refractivity contribution in [3.63, 3.8) is 0 Å². The van der Waals surface area contributed by atoms with E-state index in [1.165, 1.54) is 11.3 Å². The van der Waals surface area contributed by atoms with Gasteiger partial charge in [0, 0.05) is 18.9 Å². The van der Waals surface area contributed by atoms with Gasteiger partial charge in [0.1, 0.15) is 0 Å². The van der Waals surface area contributed by atoms with Gasteiger partial charge < -0.3 is 4.57 Å². The fourth-order valence-electron chi connectivity index (χ4n) is 1.46. The number of hydrogen-bond acceptors (Lipinski definition) is 3. The van der Waals surface area contributed by atoms with Crippen molar-refractivity contribution in [2.24, 2.45) is 0 Å². The van der Waals surface area contributed by atoms with E-state index in [1.807, 2.05) is 30.7 Å². The number of aromatic nitrogens is 2. The molecule has 0 aliphatic rings. The number of thiophene rings is 1. The molecule has 0 saturated carbocycles. The first kappa shape index (κ1) is 11.5. The number of hydrogen-bond donors (Lipinski definition) is 0. The molecule has 5 heteroatoms. The van der Waals surface area contributed by atoms with Crippen molar-refractivity contribution in [1.82, 2.24) is 9.55 Å². The normalized spacial score (nSPS) is 10.7. The first-order valence-corrected chi connectivity index (χ1v) is 6.56. The lowest BCUT2D eigenvalue weighted by Gasteiger charge is -2.01. The molecule has 0 bridgehead atoms. The second-order valence-electron chi connectivity index (χ2n) is 3.43. The van der Waals surface area contributed by atoms with Gasteiger partial charge in [0.15, 0.2) is 5.82 Å². The third-order valence-corrected chi connectivity index (χ3v) is 4.48. The summed E-state index contributed by atoms with van der Waals surface area (Å²) in [6, 6.07) is 1.89. The molecule has 16 heavy (non-hydrogen) atoms. The second kappa shape index (κ2) is 4.51. The zero-order chi connectivity index (χ0) is 11.7. The summed E-state index contributed by atoms with van der Waals surface area (Å²) in [7, 11) is 0. The van der Waals surface area contributed by atoms with Crippen molar-refractivity contribution in [2.75, 3.05) is 0 Å². The summed E-state index contributed by atoms with van der Waals surface area (Å²) in [6.45, 7) is 4.73. The zero-order valence-corrected chi connectivity index (χ0v) is 11.4. The molecule has 0 aliphatic heterocycles. The monoisotopic (exact) mass is 298 g/mol. The van der Waals surface area contributed by atoms with Crippen LogP contribution in [-0.2, 0) is 6.54 Å². The van der Waals surface area contributed by atoms with Crippen LogP contribution in [0.3, 0.4) is 0 Å². The van der Waals surface area contributed by atoms with Crippen molar-refractivity contribution in [1.29, 1.82) is 0 Å². The van der Waals surface area contributed by atoms with Crippen LogP contribution in [-0.4, -0.2) is 15.3 Å².